The number of aromatic amines is 1. The lowest BCUT2D eigenvalue weighted by atomic mass is 10.1. The fraction of sp³-hybridized carbons (Fsp3) is 0.154. The molecule has 7 nitrogen and oxygen atoms in total. The first-order valence-corrected chi connectivity index (χ1v) is 11.8. The number of hydrogen-bond acceptors (Lipinski definition) is 5. The van der Waals surface area contributed by atoms with Gasteiger partial charge in [-0.2, -0.15) is 0 Å². The maximum Gasteiger partial charge on any atom is 0.335 e. The van der Waals surface area contributed by atoms with Crippen molar-refractivity contribution in [2.75, 3.05) is 13.1 Å². The van der Waals surface area contributed by atoms with Crippen LogP contribution in [0.3, 0.4) is 0 Å². The monoisotopic (exact) mass is 471 g/mol. The zero-order valence-corrected chi connectivity index (χ0v) is 19.0. The number of carboxylic acid groups (broad SMARTS) is 1. The van der Waals surface area contributed by atoms with E-state index in [-0.39, 0.29) is 28.4 Å². The molecule has 2 aromatic carbocycles. The zero-order valence-electron chi connectivity index (χ0n) is 18.2. The smallest absolute Gasteiger partial charge is 0.335 e. The Bertz CT molecular complexity index is 1460. The van der Waals surface area contributed by atoms with Crippen LogP contribution in [0.2, 0.25) is 0 Å². The molecule has 4 aromatic rings. The van der Waals surface area contributed by atoms with Crippen molar-refractivity contribution in [2.24, 2.45) is 0 Å². The number of carboxylic acids is 1. The number of amides is 1. The van der Waals surface area contributed by atoms with Crippen LogP contribution in [0.5, 0.6) is 0 Å². The molecule has 2 aromatic heterocycles. The van der Waals surface area contributed by atoms with Crippen LogP contribution in [0.4, 0.5) is 0 Å². The van der Waals surface area contributed by atoms with Gasteiger partial charge >= 0.3 is 5.97 Å². The summed E-state index contributed by atoms with van der Waals surface area (Å²) in [6.45, 7) is 1.30. The van der Waals surface area contributed by atoms with Gasteiger partial charge in [0.2, 0.25) is 0 Å². The van der Waals surface area contributed by atoms with Gasteiger partial charge in [0.05, 0.1) is 16.5 Å². The molecule has 0 unspecified atom stereocenters. The summed E-state index contributed by atoms with van der Waals surface area (Å²) in [4.78, 5) is 47.6. The highest BCUT2D eigenvalue weighted by atomic mass is 32.1. The summed E-state index contributed by atoms with van der Waals surface area (Å²) in [5.41, 5.74) is 2.51. The van der Waals surface area contributed by atoms with E-state index in [1.165, 1.54) is 23.5 Å². The van der Waals surface area contributed by atoms with Crippen molar-refractivity contribution in [3.63, 3.8) is 0 Å². The molecule has 0 aliphatic carbocycles. The average molecular weight is 472 g/mol. The molecule has 1 fully saturated rings. The largest absolute Gasteiger partial charge is 0.478 e. The van der Waals surface area contributed by atoms with E-state index in [1.54, 1.807) is 23.1 Å². The number of carbonyl (C=O) groups is 2. The molecule has 1 amide bonds. The van der Waals surface area contributed by atoms with E-state index >= 15 is 0 Å². The van der Waals surface area contributed by atoms with Crippen molar-refractivity contribution in [2.45, 2.75) is 12.8 Å². The summed E-state index contributed by atoms with van der Waals surface area (Å²) in [7, 11) is 0. The second-order valence-electron chi connectivity index (χ2n) is 8.09. The van der Waals surface area contributed by atoms with E-state index in [1.807, 2.05) is 35.7 Å². The Kier molecular flexibility index (Phi) is 5.81. The highest BCUT2D eigenvalue weighted by molar-refractivity contribution is 7.17. The van der Waals surface area contributed by atoms with Gasteiger partial charge in [-0.25, -0.2) is 9.78 Å². The van der Waals surface area contributed by atoms with Gasteiger partial charge in [0.1, 0.15) is 10.7 Å². The Morgan fingerprint density at radius 2 is 1.74 bits per heavy atom. The van der Waals surface area contributed by atoms with Crippen LogP contribution < -0.4 is 5.56 Å². The molecule has 0 radical (unpaired) electrons. The van der Waals surface area contributed by atoms with Crippen LogP contribution in [0, 0.1) is 0 Å². The third-order valence-electron chi connectivity index (χ3n) is 5.88. The second-order valence-corrected chi connectivity index (χ2v) is 8.95. The summed E-state index contributed by atoms with van der Waals surface area (Å²) in [5.74, 6) is -1.02. The third kappa shape index (κ3) is 4.15. The lowest BCUT2D eigenvalue weighted by Crippen LogP contribution is -2.29. The molecule has 0 bridgehead atoms. The number of thiophene rings is 1. The van der Waals surface area contributed by atoms with Crippen LogP contribution in [-0.2, 0) is 4.79 Å². The lowest BCUT2D eigenvalue weighted by molar-refractivity contribution is -0.123. The number of aromatic carboxylic acids is 1. The topological polar surface area (TPSA) is 103 Å². The van der Waals surface area contributed by atoms with E-state index in [0.29, 0.717) is 28.9 Å². The Morgan fingerprint density at radius 3 is 2.41 bits per heavy atom. The Balaban J connectivity index is 1.62. The van der Waals surface area contributed by atoms with Gasteiger partial charge < -0.3 is 15.0 Å². The number of nitrogens with zero attached hydrogens (tertiary/aromatic N) is 2. The number of likely N-dealkylation sites (tertiary alicyclic amines) is 1. The van der Waals surface area contributed by atoms with Crippen molar-refractivity contribution < 1.29 is 14.7 Å². The van der Waals surface area contributed by atoms with Crippen molar-refractivity contribution in [1.29, 1.82) is 0 Å². The molecule has 5 rings (SSSR count). The van der Waals surface area contributed by atoms with Gasteiger partial charge in [-0.05, 0) is 42.2 Å². The molecule has 2 N–H and O–H groups in total. The van der Waals surface area contributed by atoms with Gasteiger partial charge in [-0.3, -0.25) is 9.59 Å². The maximum atomic E-state index is 13.4. The molecule has 34 heavy (non-hydrogen) atoms. The fourth-order valence-corrected chi connectivity index (χ4v) is 5.07. The maximum absolute atomic E-state index is 13.4. The van der Waals surface area contributed by atoms with E-state index in [0.717, 1.165) is 24.0 Å². The molecule has 3 heterocycles. The van der Waals surface area contributed by atoms with Gasteiger partial charge in [-0.15, -0.1) is 11.3 Å². The van der Waals surface area contributed by atoms with Crippen molar-refractivity contribution in [3.8, 4) is 11.1 Å². The van der Waals surface area contributed by atoms with Gasteiger partial charge in [0, 0.05) is 24.0 Å². The molecule has 0 atom stereocenters. The average Bonchev–Trinajstić information content (AvgIpc) is 3.54. The molecule has 0 spiro atoms. The minimum atomic E-state index is -1.02. The number of benzene rings is 2. The number of nitrogens with one attached hydrogen (secondary N) is 1. The molecular weight excluding hydrogens is 450 g/mol. The summed E-state index contributed by atoms with van der Waals surface area (Å²) in [5, 5.41) is 11.6. The first-order chi connectivity index (χ1) is 16.5. The number of fused-ring (bicyclic) bond motifs is 1. The predicted molar refractivity (Wildman–Crippen MR) is 133 cm³/mol. The third-order valence-corrected chi connectivity index (χ3v) is 6.75. The van der Waals surface area contributed by atoms with Crippen molar-refractivity contribution in [3.05, 3.63) is 87.3 Å². The first-order valence-electron chi connectivity index (χ1n) is 10.9. The van der Waals surface area contributed by atoms with E-state index in [9.17, 15) is 14.4 Å². The number of rotatable bonds is 5. The molecule has 0 saturated carbocycles. The Hall–Kier alpha value is -4.04. The van der Waals surface area contributed by atoms with E-state index in [4.69, 9.17) is 5.11 Å². The normalized spacial score (nSPS) is 14.0. The van der Waals surface area contributed by atoms with Crippen LogP contribution in [0.15, 0.2) is 64.8 Å². The summed E-state index contributed by atoms with van der Waals surface area (Å²) in [6, 6.07) is 15.9. The van der Waals surface area contributed by atoms with E-state index in [2.05, 4.69) is 9.97 Å². The second kappa shape index (κ2) is 9.07. The molecule has 1 aliphatic heterocycles. The Morgan fingerprint density at radius 1 is 1.03 bits per heavy atom. The number of hydrogen-bond donors (Lipinski definition) is 2. The first kappa shape index (κ1) is 21.8. The predicted octanol–water partition coefficient (Wildman–Crippen LogP) is 4.51. The molecule has 8 heteroatoms. The zero-order chi connectivity index (χ0) is 23.7. The van der Waals surface area contributed by atoms with Crippen molar-refractivity contribution >= 4 is 45.1 Å². The Labute approximate surface area is 199 Å². The summed E-state index contributed by atoms with van der Waals surface area (Å²) < 4.78 is 0. The van der Waals surface area contributed by atoms with Crippen LogP contribution in [0.25, 0.3) is 33.0 Å². The molecule has 1 saturated heterocycles. The fourth-order valence-electron chi connectivity index (χ4n) is 4.12. The van der Waals surface area contributed by atoms with Gasteiger partial charge in [0.15, 0.2) is 0 Å². The van der Waals surface area contributed by atoms with E-state index < -0.39 is 5.97 Å². The molecule has 170 valence electrons. The number of aromatic nitrogens is 2. The highest BCUT2D eigenvalue weighted by Crippen LogP contribution is 2.31. The number of H-pyrrole nitrogens is 1. The lowest BCUT2D eigenvalue weighted by Gasteiger charge is -2.17. The van der Waals surface area contributed by atoms with Crippen molar-refractivity contribution in [1.82, 2.24) is 14.9 Å². The summed E-state index contributed by atoms with van der Waals surface area (Å²) >= 11 is 1.36. The quantitative estimate of drug-likeness (QED) is 0.417. The SMILES string of the molecule is O=C(O)c1ccc(C=C(C(=O)N2CCCC2)c2nc3scc(-c4ccccc4)c3c(=O)[nH]2)cc1. The van der Waals surface area contributed by atoms with Crippen LogP contribution in [0.1, 0.15) is 34.6 Å². The van der Waals surface area contributed by atoms with Gasteiger partial charge in [-0.1, -0.05) is 42.5 Å². The minimum Gasteiger partial charge on any atom is -0.478 e. The molecular formula is C26H21N3O4S. The summed E-state index contributed by atoms with van der Waals surface area (Å²) in [6.07, 6.45) is 3.52. The molecule has 1 aliphatic rings. The standard InChI is InChI=1S/C26H21N3O4S/c30-23-21-20(17-6-2-1-3-7-17)15-34-24(21)28-22(27-23)19(25(31)29-12-4-5-13-29)14-16-8-10-18(11-9-16)26(32)33/h1-3,6-11,14-15H,4-5,12-13H2,(H,32,33)(H,27,28,30). The van der Waals surface area contributed by atoms with Crippen LogP contribution in [-0.4, -0.2) is 44.9 Å². The van der Waals surface area contributed by atoms with Crippen LogP contribution >= 0.6 is 11.3 Å². The van der Waals surface area contributed by atoms with Gasteiger partial charge in [0.25, 0.3) is 11.5 Å². The minimum absolute atomic E-state index is 0.157. The number of carbonyl (C=O) groups excluding carboxylic acids is 1. The highest BCUT2D eigenvalue weighted by Gasteiger charge is 2.25.